The highest BCUT2D eigenvalue weighted by atomic mass is 16.3. The summed E-state index contributed by atoms with van der Waals surface area (Å²) in [5.41, 5.74) is 0. The molecule has 0 fully saturated rings. The maximum absolute atomic E-state index is 12.3. The van der Waals surface area contributed by atoms with E-state index >= 15 is 0 Å². The summed E-state index contributed by atoms with van der Waals surface area (Å²) in [5, 5.41) is 22.9. The minimum Gasteiger partial charge on any atom is -0.394 e. The third kappa shape index (κ3) is 35.7. The zero-order valence-electron chi connectivity index (χ0n) is 32.0. The van der Waals surface area contributed by atoms with Crippen LogP contribution in [-0.4, -0.2) is 34.9 Å². The first-order valence-corrected chi connectivity index (χ1v) is 20.9. The molecule has 0 aromatic heterocycles. The molecule has 4 heteroatoms. The van der Waals surface area contributed by atoms with Crippen LogP contribution in [0.5, 0.6) is 0 Å². The van der Waals surface area contributed by atoms with Gasteiger partial charge in [-0.3, -0.25) is 4.79 Å². The molecule has 0 rings (SSSR count). The Hall–Kier alpha value is -1.65. The Bertz CT molecular complexity index is 771. The summed E-state index contributed by atoms with van der Waals surface area (Å²) >= 11 is 0. The van der Waals surface area contributed by atoms with Crippen LogP contribution in [0.4, 0.5) is 0 Å². The van der Waals surface area contributed by atoms with E-state index in [1.807, 2.05) is 6.08 Å². The number of carbonyl (C=O) groups is 1. The van der Waals surface area contributed by atoms with Gasteiger partial charge in [-0.25, -0.2) is 0 Å². The molecule has 0 aliphatic carbocycles. The third-order valence-corrected chi connectivity index (χ3v) is 9.26. The van der Waals surface area contributed by atoms with E-state index in [0.717, 1.165) is 38.5 Å². The number of hydrogen-bond donors (Lipinski definition) is 3. The molecule has 0 spiro atoms. The van der Waals surface area contributed by atoms with Crippen LogP contribution in [-0.2, 0) is 4.79 Å². The summed E-state index contributed by atoms with van der Waals surface area (Å²) in [6.45, 7) is 4.27. The molecule has 4 nitrogen and oxygen atoms in total. The molecular weight excluding hydrogens is 590 g/mol. The predicted octanol–water partition coefficient (Wildman–Crippen LogP) is 12.8. The summed E-state index contributed by atoms with van der Waals surface area (Å²) in [4.78, 5) is 12.3. The number of carbonyl (C=O) groups excluding carboxylic acids is 1. The molecule has 2 unspecified atom stereocenters. The fourth-order valence-corrected chi connectivity index (χ4v) is 6.03. The van der Waals surface area contributed by atoms with Crippen molar-refractivity contribution in [3.63, 3.8) is 0 Å². The molecular formula is C44H81NO3. The number of hydrogen-bond acceptors (Lipinski definition) is 3. The van der Waals surface area contributed by atoms with Crippen LogP contribution < -0.4 is 5.32 Å². The van der Waals surface area contributed by atoms with Crippen molar-refractivity contribution < 1.29 is 15.0 Å². The van der Waals surface area contributed by atoms with E-state index < -0.39 is 12.1 Å². The minimum absolute atomic E-state index is 0.0845. The summed E-state index contributed by atoms with van der Waals surface area (Å²) in [5.74, 6) is -0.0845. The van der Waals surface area contributed by atoms with Crippen LogP contribution in [0.15, 0.2) is 48.6 Å². The number of unbranched alkanes of at least 4 members (excludes halogenated alkanes) is 24. The second-order valence-electron chi connectivity index (χ2n) is 14.0. The SMILES string of the molecule is CCCCCC/C=C\CCCCCCCCCC(=O)NC(CO)C(O)/C=C/CC/C=C/CC/C=C/CCCCCCCCCCCCC. The van der Waals surface area contributed by atoms with Gasteiger partial charge in [-0.05, 0) is 70.6 Å². The zero-order valence-corrected chi connectivity index (χ0v) is 32.0. The summed E-state index contributed by atoms with van der Waals surface area (Å²) in [7, 11) is 0. The second kappa shape index (κ2) is 39.8. The van der Waals surface area contributed by atoms with Gasteiger partial charge >= 0.3 is 0 Å². The van der Waals surface area contributed by atoms with Crippen LogP contribution in [0, 0.1) is 0 Å². The van der Waals surface area contributed by atoms with Crippen molar-refractivity contribution in [2.45, 2.75) is 219 Å². The Kier molecular flexibility index (Phi) is 38.4. The van der Waals surface area contributed by atoms with E-state index in [0.29, 0.717) is 6.42 Å². The highest BCUT2D eigenvalue weighted by Crippen LogP contribution is 2.13. The van der Waals surface area contributed by atoms with Gasteiger partial charge < -0.3 is 15.5 Å². The summed E-state index contributed by atoms with van der Waals surface area (Å²) in [6, 6.07) is -0.647. The van der Waals surface area contributed by atoms with Gasteiger partial charge in [0.1, 0.15) is 0 Å². The van der Waals surface area contributed by atoms with Crippen molar-refractivity contribution in [2.75, 3.05) is 6.61 Å². The highest BCUT2D eigenvalue weighted by molar-refractivity contribution is 5.76. The molecule has 0 radical (unpaired) electrons. The number of nitrogens with one attached hydrogen (secondary N) is 1. The molecule has 0 saturated carbocycles. The first-order valence-electron chi connectivity index (χ1n) is 20.9. The molecule has 3 N–H and O–H groups in total. The third-order valence-electron chi connectivity index (χ3n) is 9.26. The lowest BCUT2D eigenvalue weighted by atomic mass is 10.1. The predicted molar refractivity (Wildman–Crippen MR) is 211 cm³/mol. The fraction of sp³-hybridized carbons (Fsp3) is 0.795. The molecule has 0 aromatic rings. The number of amides is 1. The molecule has 0 aliphatic heterocycles. The lowest BCUT2D eigenvalue weighted by molar-refractivity contribution is -0.123. The van der Waals surface area contributed by atoms with Crippen molar-refractivity contribution in [3.8, 4) is 0 Å². The monoisotopic (exact) mass is 672 g/mol. The Morgan fingerprint density at radius 2 is 0.812 bits per heavy atom. The van der Waals surface area contributed by atoms with E-state index in [1.54, 1.807) is 6.08 Å². The largest absolute Gasteiger partial charge is 0.394 e. The van der Waals surface area contributed by atoms with Crippen molar-refractivity contribution in [2.24, 2.45) is 0 Å². The van der Waals surface area contributed by atoms with Gasteiger partial charge in [0.05, 0.1) is 18.8 Å². The van der Waals surface area contributed by atoms with E-state index in [-0.39, 0.29) is 12.5 Å². The maximum atomic E-state index is 12.3. The molecule has 0 aliphatic rings. The van der Waals surface area contributed by atoms with E-state index in [2.05, 4.69) is 55.6 Å². The fourth-order valence-electron chi connectivity index (χ4n) is 6.03. The van der Waals surface area contributed by atoms with Crippen LogP contribution in [0.25, 0.3) is 0 Å². The topological polar surface area (TPSA) is 69.6 Å². The number of allylic oxidation sites excluding steroid dienone is 7. The number of aliphatic hydroxyl groups is 2. The summed E-state index contributed by atoms with van der Waals surface area (Å²) in [6.07, 6.45) is 53.5. The van der Waals surface area contributed by atoms with Gasteiger partial charge in [-0.1, -0.05) is 178 Å². The van der Waals surface area contributed by atoms with Gasteiger partial charge in [-0.2, -0.15) is 0 Å². The number of aliphatic hydroxyl groups excluding tert-OH is 2. The van der Waals surface area contributed by atoms with Gasteiger partial charge in [-0.15, -0.1) is 0 Å². The Morgan fingerprint density at radius 3 is 1.23 bits per heavy atom. The van der Waals surface area contributed by atoms with Crippen LogP contribution >= 0.6 is 0 Å². The van der Waals surface area contributed by atoms with Crippen LogP contribution in [0.2, 0.25) is 0 Å². The van der Waals surface area contributed by atoms with E-state index in [4.69, 9.17) is 0 Å². The van der Waals surface area contributed by atoms with Crippen molar-refractivity contribution in [3.05, 3.63) is 48.6 Å². The van der Waals surface area contributed by atoms with Crippen LogP contribution in [0.1, 0.15) is 206 Å². The normalized spacial score (nSPS) is 13.5. The average Bonchev–Trinajstić information content (AvgIpc) is 3.09. The van der Waals surface area contributed by atoms with Gasteiger partial charge in [0, 0.05) is 6.42 Å². The first kappa shape index (κ1) is 46.4. The maximum Gasteiger partial charge on any atom is 0.220 e. The molecule has 280 valence electrons. The standard InChI is InChI=1S/C44H81NO3/c1-3-5-7-9-11-13-15-17-19-20-21-22-23-24-26-27-29-31-33-35-37-39-43(47)42(41-46)45-44(48)40-38-36-34-32-30-28-25-18-16-14-12-10-8-6-4-2/h14,16,23-24,29,31,37,39,42-43,46-47H,3-13,15,17-22,25-28,30,32-36,38,40-41H2,1-2H3,(H,45,48)/b16-14-,24-23+,31-29+,39-37+. The van der Waals surface area contributed by atoms with Crippen molar-refractivity contribution >= 4 is 5.91 Å². The molecule has 0 saturated heterocycles. The lowest BCUT2D eigenvalue weighted by Crippen LogP contribution is -2.45. The lowest BCUT2D eigenvalue weighted by Gasteiger charge is -2.19. The van der Waals surface area contributed by atoms with E-state index in [1.165, 1.54) is 148 Å². The molecule has 48 heavy (non-hydrogen) atoms. The molecule has 0 heterocycles. The quantitative estimate of drug-likeness (QED) is 0.0455. The zero-order chi connectivity index (χ0) is 35.0. The molecule has 0 aromatic carbocycles. The Morgan fingerprint density at radius 1 is 0.479 bits per heavy atom. The molecule has 0 bridgehead atoms. The van der Waals surface area contributed by atoms with Crippen molar-refractivity contribution in [1.82, 2.24) is 5.32 Å². The molecule has 1 amide bonds. The smallest absolute Gasteiger partial charge is 0.220 e. The Labute approximate surface area is 299 Å². The van der Waals surface area contributed by atoms with Gasteiger partial charge in [0.15, 0.2) is 0 Å². The number of rotatable bonds is 37. The highest BCUT2D eigenvalue weighted by Gasteiger charge is 2.17. The second-order valence-corrected chi connectivity index (χ2v) is 14.0. The first-order chi connectivity index (χ1) is 23.7. The van der Waals surface area contributed by atoms with Crippen molar-refractivity contribution in [1.29, 1.82) is 0 Å². The van der Waals surface area contributed by atoms with Gasteiger partial charge in [0.2, 0.25) is 5.91 Å². The van der Waals surface area contributed by atoms with Crippen LogP contribution in [0.3, 0.4) is 0 Å². The van der Waals surface area contributed by atoms with E-state index in [9.17, 15) is 15.0 Å². The summed E-state index contributed by atoms with van der Waals surface area (Å²) < 4.78 is 0. The van der Waals surface area contributed by atoms with Gasteiger partial charge in [0.25, 0.3) is 0 Å². The minimum atomic E-state index is -0.871. The molecule has 2 atom stereocenters. The Balaban J connectivity index is 3.67. The average molecular weight is 672 g/mol.